The Labute approximate surface area is 160 Å². The van der Waals surface area contributed by atoms with Gasteiger partial charge in [-0.05, 0) is 38.6 Å². The van der Waals surface area contributed by atoms with Crippen LogP contribution in [-0.4, -0.2) is 61.3 Å². The second-order valence-electron chi connectivity index (χ2n) is 6.89. The number of piperazine rings is 1. The Morgan fingerprint density at radius 2 is 1.93 bits per heavy atom. The molecule has 0 bridgehead atoms. The first-order chi connectivity index (χ1) is 13.1. The molecule has 1 saturated heterocycles. The molecule has 3 heterocycles. The standard InChI is InChI=1S/C19H29N7O/c1-14-17(15(2)27-24-14)13-23-19(20-3)22-12-16-5-6-21-18(11-16)26-9-7-25(4)8-10-26/h5-6,11H,7-10,12-13H2,1-4H3,(H2,20,22,23). The van der Waals surface area contributed by atoms with Crippen molar-refractivity contribution in [2.45, 2.75) is 26.9 Å². The van der Waals surface area contributed by atoms with Gasteiger partial charge >= 0.3 is 0 Å². The van der Waals surface area contributed by atoms with Gasteiger partial charge in [0.15, 0.2) is 5.96 Å². The average molecular weight is 371 g/mol. The van der Waals surface area contributed by atoms with Crippen molar-refractivity contribution in [1.82, 2.24) is 25.7 Å². The van der Waals surface area contributed by atoms with Crippen LogP contribution in [0.25, 0.3) is 0 Å². The molecule has 0 saturated carbocycles. The molecule has 0 aliphatic carbocycles. The van der Waals surface area contributed by atoms with Crippen LogP contribution in [0, 0.1) is 13.8 Å². The molecule has 0 atom stereocenters. The van der Waals surface area contributed by atoms with E-state index in [1.54, 1.807) is 7.05 Å². The fourth-order valence-corrected chi connectivity index (χ4v) is 3.11. The molecule has 2 N–H and O–H groups in total. The summed E-state index contributed by atoms with van der Waals surface area (Å²) in [7, 11) is 3.93. The monoisotopic (exact) mass is 371 g/mol. The van der Waals surface area contributed by atoms with Crippen molar-refractivity contribution in [3.05, 3.63) is 40.9 Å². The van der Waals surface area contributed by atoms with Crippen LogP contribution in [0.1, 0.15) is 22.6 Å². The van der Waals surface area contributed by atoms with E-state index < -0.39 is 0 Å². The first-order valence-corrected chi connectivity index (χ1v) is 9.31. The third kappa shape index (κ3) is 4.97. The second-order valence-corrected chi connectivity index (χ2v) is 6.89. The number of aromatic nitrogens is 2. The van der Waals surface area contributed by atoms with E-state index in [-0.39, 0.29) is 0 Å². The highest BCUT2D eigenvalue weighted by Crippen LogP contribution is 2.15. The van der Waals surface area contributed by atoms with Crippen LogP contribution in [-0.2, 0) is 13.1 Å². The Hall–Kier alpha value is -2.61. The number of likely N-dealkylation sites (N-methyl/N-ethyl adjacent to an activating group) is 1. The highest BCUT2D eigenvalue weighted by molar-refractivity contribution is 5.79. The van der Waals surface area contributed by atoms with Gasteiger partial charge in [-0.1, -0.05) is 5.16 Å². The molecule has 0 radical (unpaired) electrons. The molecular weight excluding hydrogens is 342 g/mol. The lowest BCUT2D eigenvalue weighted by atomic mass is 10.2. The fraction of sp³-hybridized carbons (Fsp3) is 0.526. The van der Waals surface area contributed by atoms with Crippen LogP contribution in [0.2, 0.25) is 0 Å². The molecule has 1 fully saturated rings. The molecule has 146 valence electrons. The van der Waals surface area contributed by atoms with Crippen LogP contribution in [0.15, 0.2) is 27.8 Å². The minimum atomic E-state index is 0.629. The third-order valence-corrected chi connectivity index (χ3v) is 4.93. The minimum Gasteiger partial charge on any atom is -0.361 e. The van der Waals surface area contributed by atoms with E-state index in [9.17, 15) is 0 Å². The number of hydrogen-bond acceptors (Lipinski definition) is 6. The number of nitrogens with zero attached hydrogens (tertiary/aromatic N) is 5. The Morgan fingerprint density at radius 3 is 2.59 bits per heavy atom. The number of rotatable bonds is 5. The highest BCUT2D eigenvalue weighted by atomic mass is 16.5. The summed E-state index contributed by atoms with van der Waals surface area (Å²) in [6, 6.07) is 4.19. The van der Waals surface area contributed by atoms with E-state index in [0.29, 0.717) is 13.1 Å². The topological polar surface area (TPSA) is 81.8 Å². The summed E-state index contributed by atoms with van der Waals surface area (Å²) in [6.45, 7) is 9.35. The molecular formula is C19H29N7O. The first kappa shape index (κ1) is 19.2. The van der Waals surface area contributed by atoms with Crippen LogP contribution in [0.3, 0.4) is 0 Å². The van der Waals surface area contributed by atoms with E-state index in [1.807, 2.05) is 26.1 Å². The van der Waals surface area contributed by atoms with Gasteiger partial charge in [0.1, 0.15) is 11.6 Å². The van der Waals surface area contributed by atoms with Gasteiger partial charge in [0, 0.05) is 58.1 Å². The molecule has 8 heteroatoms. The Balaban J connectivity index is 1.54. The number of aryl methyl sites for hydroxylation is 2. The number of hydrogen-bond donors (Lipinski definition) is 2. The quantitative estimate of drug-likeness (QED) is 0.606. The smallest absolute Gasteiger partial charge is 0.191 e. The number of nitrogens with one attached hydrogen (secondary N) is 2. The van der Waals surface area contributed by atoms with E-state index in [2.05, 4.69) is 48.7 Å². The maximum absolute atomic E-state index is 5.20. The number of aliphatic imine (C=N–C) groups is 1. The third-order valence-electron chi connectivity index (χ3n) is 4.93. The molecule has 0 aromatic carbocycles. The summed E-state index contributed by atoms with van der Waals surface area (Å²) in [5, 5.41) is 10.7. The normalized spacial score (nSPS) is 15.9. The number of anilines is 1. The largest absolute Gasteiger partial charge is 0.361 e. The molecule has 0 amide bonds. The summed E-state index contributed by atoms with van der Waals surface area (Å²) < 4.78 is 5.20. The molecule has 1 aliphatic rings. The molecule has 0 spiro atoms. The number of pyridine rings is 1. The maximum Gasteiger partial charge on any atom is 0.191 e. The van der Waals surface area contributed by atoms with E-state index >= 15 is 0 Å². The summed E-state index contributed by atoms with van der Waals surface area (Å²) in [5.74, 6) is 2.62. The first-order valence-electron chi connectivity index (χ1n) is 9.31. The lowest BCUT2D eigenvalue weighted by Gasteiger charge is -2.33. The van der Waals surface area contributed by atoms with Crippen molar-refractivity contribution < 1.29 is 4.52 Å². The Kier molecular flexibility index (Phi) is 6.28. The zero-order chi connectivity index (χ0) is 19.2. The lowest BCUT2D eigenvalue weighted by Crippen LogP contribution is -2.44. The van der Waals surface area contributed by atoms with Gasteiger partial charge in [0.2, 0.25) is 0 Å². The molecule has 0 unspecified atom stereocenters. The van der Waals surface area contributed by atoms with Gasteiger partial charge in [-0.15, -0.1) is 0 Å². The zero-order valence-electron chi connectivity index (χ0n) is 16.6. The van der Waals surface area contributed by atoms with Gasteiger partial charge < -0.3 is 25.0 Å². The van der Waals surface area contributed by atoms with E-state index in [1.165, 1.54) is 5.56 Å². The second kappa shape index (κ2) is 8.85. The summed E-state index contributed by atoms with van der Waals surface area (Å²) in [4.78, 5) is 13.5. The van der Waals surface area contributed by atoms with Crippen LogP contribution >= 0.6 is 0 Å². The molecule has 1 aliphatic heterocycles. The predicted octanol–water partition coefficient (Wildman–Crippen LogP) is 1.30. The van der Waals surface area contributed by atoms with Crippen molar-refractivity contribution in [3.8, 4) is 0 Å². The number of guanidine groups is 1. The van der Waals surface area contributed by atoms with Crippen LogP contribution in [0.4, 0.5) is 5.82 Å². The Morgan fingerprint density at radius 1 is 1.19 bits per heavy atom. The lowest BCUT2D eigenvalue weighted by molar-refractivity contribution is 0.312. The Bertz CT molecular complexity index is 759. The molecule has 27 heavy (non-hydrogen) atoms. The van der Waals surface area contributed by atoms with Gasteiger partial charge in [-0.3, -0.25) is 4.99 Å². The predicted molar refractivity (Wildman–Crippen MR) is 107 cm³/mol. The molecule has 2 aromatic heterocycles. The van der Waals surface area contributed by atoms with Crippen molar-refractivity contribution >= 4 is 11.8 Å². The van der Waals surface area contributed by atoms with Crippen LogP contribution in [0.5, 0.6) is 0 Å². The summed E-state index contributed by atoms with van der Waals surface area (Å²) in [5.41, 5.74) is 3.15. The van der Waals surface area contributed by atoms with Crippen molar-refractivity contribution in [2.24, 2.45) is 4.99 Å². The zero-order valence-corrected chi connectivity index (χ0v) is 16.6. The summed E-state index contributed by atoms with van der Waals surface area (Å²) >= 11 is 0. The van der Waals surface area contributed by atoms with Gasteiger partial charge in [-0.25, -0.2) is 4.98 Å². The summed E-state index contributed by atoms with van der Waals surface area (Å²) in [6.07, 6.45) is 1.88. The van der Waals surface area contributed by atoms with Gasteiger partial charge in [-0.2, -0.15) is 0 Å². The SMILES string of the molecule is CN=C(NCc1ccnc(N2CCN(C)CC2)c1)NCc1c(C)noc1C. The molecule has 8 nitrogen and oxygen atoms in total. The van der Waals surface area contributed by atoms with Crippen LogP contribution < -0.4 is 15.5 Å². The van der Waals surface area contributed by atoms with E-state index in [4.69, 9.17) is 4.52 Å². The highest BCUT2D eigenvalue weighted by Gasteiger charge is 2.15. The molecule has 2 aromatic rings. The average Bonchev–Trinajstić information content (AvgIpc) is 3.01. The van der Waals surface area contributed by atoms with Crippen molar-refractivity contribution in [3.63, 3.8) is 0 Å². The van der Waals surface area contributed by atoms with Gasteiger partial charge in [0.05, 0.1) is 5.69 Å². The van der Waals surface area contributed by atoms with E-state index in [0.717, 1.165) is 55.0 Å². The fourth-order valence-electron chi connectivity index (χ4n) is 3.11. The van der Waals surface area contributed by atoms with Crippen molar-refractivity contribution in [2.75, 3.05) is 45.2 Å². The van der Waals surface area contributed by atoms with Gasteiger partial charge in [0.25, 0.3) is 0 Å². The minimum absolute atomic E-state index is 0.629. The molecule has 3 rings (SSSR count). The maximum atomic E-state index is 5.20. The van der Waals surface area contributed by atoms with Crippen molar-refractivity contribution in [1.29, 1.82) is 0 Å².